The number of ether oxygens (including phenoxy) is 3. The predicted octanol–water partition coefficient (Wildman–Crippen LogP) is 4.13. The second-order valence-corrected chi connectivity index (χ2v) is 7.31. The molecule has 2 N–H and O–H groups in total. The molecule has 0 aliphatic carbocycles. The zero-order chi connectivity index (χ0) is 21.7. The number of anilines is 2. The SMILES string of the molecule is CCNC(=NCc1ccc(N2CCOCC2)cc1)Nc1cccc(OCCCOC)c1.I. The highest BCUT2D eigenvalue weighted by molar-refractivity contribution is 14.0. The second kappa shape index (κ2) is 14.9. The number of nitrogens with zero attached hydrogens (tertiary/aromatic N) is 2. The maximum Gasteiger partial charge on any atom is 0.196 e. The number of methoxy groups -OCH3 is 1. The monoisotopic (exact) mass is 554 g/mol. The molecule has 3 rings (SSSR count). The van der Waals surface area contributed by atoms with Crippen molar-refractivity contribution in [2.75, 3.05) is 63.4 Å². The van der Waals surface area contributed by atoms with Crippen LogP contribution in [0.2, 0.25) is 0 Å². The minimum Gasteiger partial charge on any atom is -0.493 e. The molecule has 0 aromatic heterocycles. The zero-order valence-electron chi connectivity index (χ0n) is 19.0. The summed E-state index contributed by atoms with van der Waals surface area (Å²) in [5.41, 5.74) is 3.35. The Labute approximate surface area is 208 Å². The summed E-state index contributed by atoms with van der Waals surface area (Å²) in [6.07, 6.45) is 0.864. The van der Waals surface area contributed by atoms with Crippen molar-refractivity contribution < 1.29 is 14.2 Å². The molecule has 0 atom stereocenters. The van der Waals surface area contributed by atoms with Crippen LogP contribution in [0.4, 0.5) is 11.4 Å². The van der Waals surface area contributed by atoms with E-state index in [-0.39, 0.29) is 24.0 Å². The summed E-state index contributed by atoms with van der Waals surface area (Å²) in [7, 11) is 1.70. The van der Waals surface area contributed by atoms with Gasteiger partial charge in [-0.1, -0.05) is 18.2 Å². The Morgan fingerprint density at radius 2 is 1.88 bits per heavy atom. The highest BCUT2D eigenvalue weighted by Gasteiger charge is 2.10. The molecular weight excluding hydrogens is 519 g/mol. The molecule has 0 spiro atoms. The number of hydrogen-bond donors (Lipinski definition) is 2. The van der Waals surface area contributed by atoms with Gasteiger partial charge in [0.25, 0.3) is 0 Å². The van der Waals surface area contributed by atoms with Crippen LogP contribution >= 0.6 is 24.0 Å². The molecule has 8 heteroatoms. The summed E-state index contributed by atoms with van der Waals surface area (Å²) >= 11 is 0. The van der Waals surface area contributed by atoms with Crippen molar-refractivity contribution in [2.45, 2.75) is 19.9 Å². The lowest BCUT2D eigenvalue weighted by molar-refractivity contribution is 0.122. The number of halogens is 1. The summed E-state index contributed by atoms with van der Waals surface area (Å²) in [6, 6.07) is 16.5. The molecule has 2 aromatic carbocycles. The summed E-state index contributed by atoms with van der Waals surface area (Å²) < 4.78 is 16.3. The maximum atomic E-state index is 5.79. The zero-order valence-corrected chi connectivity index (χ0v) is 21.3. The van der Waals surface area contributed by atoms with Crippen LogP contribution in [0, 0.1) is 0 Å². The van der Waals surface area contributed by atoms with Gasteiger partial charge in [-0.15, -0.1) is 24.0 Å². The lowest BCUT2D eigenvalue weighted by Crippen LogP contribution is -2.36. The van der Waals surface area contributed by atoms with Gasteiger partial charge in [-0.2, -0.15) is 0 Å². The van der Waals surface area contributed by atoms with Crippen LogP contribution in [0.1, 0.15) is 18.9 Å². The number of benzene rings is 2. The number of morpholine rings is 1. The van der Waals surface area contributed by atoms with Gasteiger partial charge >= 0.3 is 0 Å². The van der Waals surface area contributed by atoms with E-state index >= 15 is 0 Å². The first-order valence-corrected chi connectivity index (χ1v) is 11.0. The summed E-state index contributed by atoms with van der Waals surface area (Å²) in [4.78, 5) is 7.09. The fourth-order valence-electron chi connectivity index (χ4n) is 3.30. The molecule has 1 heterocycles. The second-order valence-electron chi connectivity index (χ2n) is 7.31. The molecule has 2 aromatic rings. The predicted molar refractivity (Wildman–Crippen MR) is 142 cm³/mol. The Hall–Kier alpha value is -2.04. The van der Waals surface area contributed by atoms with E-state index in [0.29, 0.717) is 19.8 Å². The standard InChI is InChI=1S/C24H34N4O3.HI/c1-3-25-24(27-21-6-4-7-23(18-21)31-15-5-14-29-2)26-19-20-8-10-22(11-9-20)28-12-16-30-17-13-28;/h4,6-11,18H,3,5,12-17,19H2,1-2H3,(H2,25,26,27);1H. The van der Waals surface area contributed by atoms with E-state index in [1.165, 1.54) is 11.3 Å². The molecular formula is C24H35IN4O3. The van der Waals surface area contributed by atoms with Crippen molar-refractivity contribution in [3.05, 3.63) is 54.1 Å². The van der Waals surface area contributed by atoms with Gasteiger partial charge in [0.15, 0.2) is 5.96 Å². The van der Waals surface area contributed by atoms with Gasteiger partial charge in [-0.05, 0) is 36.8 Å². The summed E-state index contributed by atoms with van der Waals surface area (Å²) in [6.45, 7) is 8.26. The number of hydrogen-bond acceptors (Lipinski definition) is 5. The van der Waals surface area contributed by atoms with Crippen LogP contribution in [0.3, 0.4) is 0 Å². The van der Waals surface area contributed by atoms with Gasteiger partial charge in [0, 0.05) is 57.2 Å². The van der Waals surface area contributed by atoms with Gasteiger partial charge in [-0.25, -0.2) is 4.99 Å². The van der Waals surface area contributed by atoms with Gasteiger partial charge in [0.1, 0.15) is 5.75 Å². The molecule has 32 heavy (non-hydrogen) atoms. The Bertz CT molecular complexity index is 811. The third-order valence-corrected chi connectivity index (χ3v) is 4.93. The van der Waals surface area contributed by atoms with Crippen LogP contribution < -0.4 is 20.3 Å². The minimum atomic E-state index is 0. The molecule has 0 saturated carbocycles. The Morgan fingerprint density at radius 3 is 2.59 bits per heavy atom. The van der Waals surface area contributed by atoms with Crippen molar-refractivity contribution in [3.8, 4) is 5.75 Å². The quantitative estimate of drug-likeness (QED) is 0.199. The first kappa shape index (κ1) is 26.2. The normalized spacial score (nSPS) is 13.9. The van der Waals surface area contributed by atoms with E-state index in [9.17, 15) is 0 Å². The van der Waals surface area contributed by atoms with E-state index in [0.717, 1.165) is 56.7 Å². The highest BCUT2D eigenvalue weighted by Crippen LogP contribution is 2.19. The maximum absolute atomic E-state index is 5.79. The van der Waals surface area contributed by atoms with E-state index in [2.05, 4.69) is 46.7 Å². The summed E-state index contributed by atoms with van der Waals surface area (Å²) in [5, 5.41) is 6.67. The molecule has 1 fully saturated rings. The van der Waals surface area contributed by atoms with Crippen LogP contribution in [0.5, 0.6) is 5.75 Å². The fourth-order valence-corrected chi connectivity index (χ4v) is 3.30. The smallest absolute Gasteiger partial charge is 0.196 e. The molecule has 176 valence electrons. The van der Waals surface area contributed by atoms with Gasteiger partial charge in [0.05, 0.1) is 26.4 Å². The third kappa shape index (κ3) is 8.84. The van der Waals surface area contributed by atoms with E-state index in [1.54, 1.807) is 7.11 Å². The average Bonchev–Trinajstić information content (AvgIpc) is 2.82. The van der Waals surface area contributed by atoms with Gasteiger partial charge in [0.2, 0.25) is 0 Å². The highest BCUT2D eigenvalue weighted by atomic mass is 127. The molecule has 0 bridgehead atoms. The van der Waals surface area contributed by atoms with Crippen molar-refractivity contribution in [1.29, 1.82) is 0 Å². The average molecular weight is 554 g/mol. The number of aliphatic imine (C=N–C) groups is 1. The van der Waals surface area contributed by atoms with E-state index in [4.69, 9.17) is 19.2 Å². The van der Waals surface area contributed by atoms with Crippen molar-refractivity contribution in [1.82, 2.24) is 5.32 Å². The number of nitrogens with one attached hydrogen (secondary N) is 2. The van der Waals surface area contributed by atoms with E-state index in [1.807, 2.05) is 24.3 Å². The third-order valence-electron chi connectivity index (χ3n) is 4.93. The summed E-state index contributed by atoms with van der Waals surface area (Å²) in [5.74, 6) is 1.58. The van der Waals surface area contributed by atoms with Crippen LogP contribution in [0.15, 0.2) is 53.5 Å². The Morgan fingerprint density at radius 1 is 1.09 bits per heavy atom. The first-order chi connectivity index (χ1) is 15.3. The molecule has 0 amide bonds. The lowest BCUT2D eigenvalue weighted by Gasteiger charge is -2.28. The number of rotatable bonds is 10. The Balaban J connectivity index is 0.00000363. The van der Waals surface area contributed by atoms with E-state index < -0.39 is 0 Å². The van der Waals surface area contributed by atoms with Crippen molar-refractivity contribution in [2.24, 2.45) is 4.99 Å². The Kier molecular flexibility index (Phi) is 12.2. The molecule has 1 aliphatic rings. The van der Waals surface area contributed by atoms with Gasteiger partial charge < -0.3 is 29.7 Å². The molecule has 0 radical (unpaired) electrons. The molecule has 7 nitrogen and oxygen atoms in total. The van der Waals surface area contributed by atoms with Crippen molar-refractivity contribution in [3.63, 3.8) is 0 Å². The van der Waals surface area contributed by atoms with Crippen LogP contribution in [0.25, 0.3) is 0 Å². The van der Waals surface area contributed by atoms with Crippen LogP contribution in [-0.2, 0) is 16.0 Å². The first-order valence-electron chi connectivity index (χ1n) is 11.0. The minimum absolute atomic E-state index is 0. The topological polar surface area (TPSA) is 67.4 Å². The number of guanidine groups is 1. The molecule has 0 unspecified atom stereocenters. The molecule has 1 saturated heterocycles. The molecule has 1 aliphatic heterocycles. The van der Waals surface area contributed by atoms with Crippen molar-refractivity contribution >= 4 is 41.3 Å². The fraction of sp³-hybridized carbons (Fsp3) is 0.458. The lowest BCUT2D eigenvalue weighted by atomic mass is 10.2. The van der Waals surface area contributed by atoms with Crippen LogP contribution in [-0.4, -0.2) is 59.1 Å². The largest absolute Gasteiger partial charge is 0.493 e. The van der Waals surface area contributed by atoms with Gasteiger partial charge in [-0.3, -0.25) is 0 Å².